The number of thiocarbonyl (C=S) groups is 1. The first-order chi connectivity index (χ1) is 16.3. The third kappa shape index (κ3) is 6.68. The van der Waals surface area contributed by atoms with Crippen molar-refractivity contribution < 1.29 is 13.9 Å². The number of aromatic amines is 1. The number of pyridine rings is 1. The summed E-state index contributed by atoms with van der Waals surface area (Å²) in [5, 5.41) is 4.64. The number of rotatable bonds is 10. The standard InChI is InChI=1S/C25H31FN4O3S/c1-29(2)11-5-10-27-25(34)30(15-17-6-8-20(26)9-7-17)16-19-12-18-13-22(32-3)23(33-4)14-21(18)28-24(19)31/h6-9,12-14H,5,10-11,15-16H2,1-4H3,(H,27,34)(H,28,31). The zero-order valence-electron chi connectivity index (χ0n) is 20.0. The van der Waals surface area contributed by atoms with Crippen LogP contribution in [0.25, 0.3) is 10.9 Å². The van der Waals surface area contributed by atoms with Crippen LogP contribution >= 0.6 is 12.2 Å². The van der Waals surface area contributed by atoms with Crippen LogP contribution < -0.4 is 20.3 Å². The molecule has 0 radical (unpaired) electrons. The van der Waals surface area contributed by atoms with Crippen molar-refractivity contribution >= 4 is 28.2 Å². The molecular formula is C25H31FN4O3S. The summed E-state index contributed by atoms with van der Waals surface area (Å²) in [6.45, 7) is 2.37. The van der Waals surface area contributed by atoms with Crippen LogP contribution in [0, 0.1) is 5.82 Å². The highest BCUT2D eigenvalue weighted by atomic mass is 32.1. The first kappa shape index (κ1) is 25.5. The molecule has 9 heteroatoms. The molecule has 0 bridgehead atoms. The van der Waals surface area contributed by atoms with E-state index in [4.69, 9.17) is 21.7 Å². The largest absolute Gasteiger partial charge is 0.493 e. The number of nitrogens with one attached hydrogen (secondary N) is 2. The van der Waals surface area contributed by atoms with Gasteiger partial charge in [-0.15, -0.1) is 0 Å². The lowest BCUT2D eigenvalue weighted by molar-refractivity contribution is 0.355. The van der Waals surface area contributed by atoms with Gasteiger partial charge in [0.05, 0.1) is 26.3 Å². The van der Waals surface area contributed by atoms with E-state index < -0.39 is 0 Å². The second-order valence-electron chi connectivity index (χ2n) is 8.29. The monoisotopic (exact) mass is 486 g/mol. The molecule has 2 N–H and O–H groups in total. The Labute approximate surface area is 204 Å². The highest BCUT2D eigenvalue weighted by Crippen LogP contribution is 2.31. The lowest BCUT2D eigenvalue weighted by Crippen LogP contribution is -2.40. The summed E-state index contributed by atoms with van der Waals surface area (Å²) in [6.07, 6.45) is 0.926. The zero-order chi connectivity index (χ0) is 24.7. The Morgan fingerprint density at radius 2 is 1.74 bits per heavy atom. The van der Waals surface area contributed by atoms with Gasteiger partial charge in [0.25, 0.3) is 5.56 Å². The Hall–Kier alpha value is -3.17. The van der Waals surface area contributed by atoms with Crippen LogP contribution in [0.15, 0.2) is 47.3 Å². The van der Waals surface area contributed by atoms with E-state index in [-0.39, 0.29) is 17.9 Å². The van der Waals surface area contributed by atoms with Crippen LogP contribution in [-0.2, 0) is 13.1 Å². The average molecular weight is 487 g/mol. The molecule has 0 saturated carbocycles. The molecule has 0 spiro atoms. The molecule has 3 rings (SSSR count). The number of benzene rings is 2. The lowest BCUT2D eigenvalue weighted by Gasteiger charge is -2.26. The van der Waals surface area contributed by atoms with Crippen LogP contribution in [0.4, 0.5) is 4.39 Å². The maximum absolute atomic E-state index is 13.4. The van der Waals surface area contributed by atoms with Gasteiger partial charge >= 0.3 is 0 Å². The molecule has 3 aromatic rings. The van der Waals surface area contributed by atoms with Crippen molar-refractivity contribution in [1.82, 2.24) is 20.1 Å². The molecule has 0 unspecified atom stereocenters. The molecule has 0 fully saturated rings. The summed E-state index contributed by atoms with van der Waals surface area (Å²) in [5.41, 5.74) is 1.89. The third-order valence-corrected chi connectivity index (χ3v) is 5.82. The van der Waals surface area contributed by atoms with Gasteiger partial charge in [0.2, 0.25) is 0 Å². The van der Waals surface area contributed by atoms with Gasteiger partial charge in [0, 0.05) is 30.1 Å². The third-order valence-electron chi connectivity index (χ3n) is 5.42. The molecule has 2 aromatic carbocycles. The van der Waals surface area contributed by atoms with Gasteiger partial charge in [-0.25, -0.2) is 4.39 Å². The van der Waals surface area contributed by atoms with Crippen molar-refractivity contribution in [3.8, 4) is 11.5 Å². The van der Waals surface area contributed by atoms with E-state index in [1.165, 1.54) is 12.1 Å². The van der Waals surface area contributed by atoms with E-state index >= 15 is 0 Å². The van der Waals surface area contributed by atoms with Crippen molar-refractivity contribution in [2.24, 2.45) is 0 Å². The fourth-order valence-electron chi connectivity index (χ4n) is 3.61. The fourth-order valence-corrected chi connectivity index (χ4v) is 3.84. The molecule has 1 heterocycles. The number of methoxy groups -OCH3 is 2. The molecule has 34 heavy (non-hydrogen) atoms. The van der Waals surface area contributed by atoms with E-state index in [2.05, 4.69) is 15.2 Å². The molecular weight excluding hydrogens is 455 g/mol. The number of hydrogen-bond donors (Lipinski definition) is 2. The smallest absolute Gasteiger partial charge is 0.253 e. The molecule has 0 aliphatic rings. The van der Waals surface area contributed by atoms with Crippen LogP contribution in [0.3, 0.4) is 0 Å². The number of fused-ring (bicyclic) bond motifs is 1. The van der Waals surface area contributed by atoms with Crippen LogP contribution in [0.1, 0.15) is 17.5 Å². The number of ether oxygens (including phenoxy) is 2. The van der Waals surface area contributed by atoms with E-state index in [1.54, 1.807) is 32.4 Å². The minimum atomic E-state index is -0.296. The van der Waals surface area contributed by atoms with Gasteiger partial charge in [-0.05, 0) is 69.1 Å². The predicted octanol–water partition coefficient (Wildman–Crippen LogP) is 3.51. The normalized spacial score (nSPS) is 11.0. The molecule has 0 aliphatic carbocycles. The van der Waals surface area contributed by atoms with Crippen LogP contribution in [0.5, 0.6) is 11.5 Å². The summed E-state index contributed by atoms with van der Waals surface area (Å²) in [6, 6.07) is 11.7. The lowest BCUT2D eigenvalue weighted by atomic mass is 10.1. The Kier molecular flexibility index (Phi) is 8.84. The Morgan fingerprint density at radius 3 is 2.38 bits per heavy atom. The maximum Gasteiger partial charge on any atom is 0.253 e. The Balaban J connectivity index is 1.87. The van der Waals surface area contributed by atoms with Crippen molar-refractivity contribution in [2.75, 3.05) is 41.4 Å². The van der Waals surface area contributed by atoms with Crippen molar-refractivity contribution in [3.05, 3.63) is 69.8 Å². The number of nitrogens with zero attached hydrogens (tertiary/aromatic N) is 2. The van der Waals surface area contributed by atoms with Crippen molar-refractivity contribution in [3.63, 3.8) is 0 Å². The maximum atomic E-state index is 13.4. The number of H-pyrrole nitrogens is 1. The molecule has 0 atom stereocenters. The summed E-state index contributed by atoms with van der Waals surface area (Å²) in [5.74, 6) is 0.823. The van der Waals surface area contributed by atoms with Crippen LogP contribution in [0.2, 0.25) is 0 Å². The highest BCUT2D eigenvalue weighted by molar-refractivity contribution is 7.80. The van der Waals surface area contributed by atoms with Gasteiger partial charge in [0.1, 0.15) is 5.82 Å². The van der Waals surface area contributed by atoms with Crippen molar-refractivity contribution in [1.29, 1.82) is 0 Å². The fraction of sp³-hybridized carbons (Fsp3) is 0.360. The zero-order valence-corrected chi connectivity index (χ0v) is 20.8. The molecule has 7 nitrogen and oxygen atoms in total. The van der Waals surface area contributed by atoms with E-state index in [0.717, 1.165) is 23.9 Å². The summed E-state index contributed by atoms with van der Waals surface area (Å²) in [4.78, 5) is 19.9. The second-order valence-corrected chi connectivity index (χ2v) is 8.68. The second kappa shape index (κ2) is 11.8. The van der Waals surface area contributed by atoms with E-state index in [9.17, 15) is 9.18 Å². The SMILES string of the molecule is COc1cc2cc(CN(Cc3ccc(F)cc3)C(=S)NCCCN(C)C)c(=O)[nH]c2cc1OC. The van der Waals surface area contributed by atoms with Gasteiger partial charge in [-0.1, -0.05) is 12.1 Å². The average Bonchev–Trinajstić information content (AvgIpc) is 2.82. The van der Waals surface area contributed by atoms with Gasteiger partial charge in [-0.2, -0.15) is 0 Å². The summed E-state index contributed by atoms with van der Waals surface area (Å²) in [7, 11) is 7.17. The minimum absolute atomic E-state index is 0.209. The Bertz CT molecular complexity index is 1180. The number of hydrogen-bond acceptors (Lipinski definition) is 5. The van der Waals surface area contributed by atoms with E-state index in [0.29, 0.717) is 40.8 Å². The predicted molar refractivity (Wildman–Crippen MR) is 137 cm³/mol. The summed E-state index contributed by atoms with van der Waals surface area (Å²) >= 11 is 5.67. The first-order valence-corrected chi connectivity index (χ1v) is 11.4. The molecule has 0 aliphatic heterocycles. The van der Waals surface area contributed by atoms with Crippen LogP contribution in [-0.4, -0.2) is 61.3 Å². The first-order valence-electron chi connectivity index (χ1n) is 11.0. The summed E-state index contributed by atoms with van der Waals surface area (Å²) < 4.78 is 24.1. The quantitative estimate of drug-likeness (QED) is 0.336. The van der Waals surface area contributed by atoms with Crippen molar-refractivity contribution in [2.45, 2.75) is 19.5 Å². The highest BCUT2D eigenvalue weighted by Gasteiger charge is 2.15. The molecule has 182 valence electrons. The minimum Gasteiger partial charge on any atom is -0.493 e. The van der Waals surface area contributed by atoms with Gasteiger partial charge in [0.15, 0.2) is 16.6 Å². The molecule has 0 amide bonds. The van der Waals surface area contributed by atoms with Gasteiger partial charge in [-0.3, -0.25) is 4.79 Å². The topological polar surface area (TPSA) is 69.8 Å². The molecule has 1 aromatic heterocycles. The van der Waals surface area contributed by atoms with E-state index in [1.807, 2.05) is 31.1 Å². The number of halogens is 1. The van der Waals surface area contributed by atoms with Gasteiger partial charge < -0.3 is 29.6 Å². The Morgan fingerprint density at radius 1 is 1.06 bits per heavy atom. The molecule has 0 saturated heterocycles. The number of aromatic nitrogens is 1.